The molecule has 0 fully saturated rings. The van der Waals surface area contributed by atoms with Gasteiger partial charge in [0, 0.05) is 0 Å². The van der Waals surface area contributed by atoms with E-state index in [2.05, 4.69) is 0 Å². The van der Waals surface area contributed by atoms with Crippen LogP contribution in [0.1, 0.15) is 12.5 Å². The maximum absolute atomic E-state index is 12.3. The third-order valence-corrected chi connectivity index (χ3v) is 2.68. The van der Waals surface area contributed by atoms with E-state index in [1.807, 2.05) is 6.07 Å². The van der Waals surface area contributed by atoms with E-state index in [0.29, 0.717) is 5.56 Å². The first-order valence-electron chi connectivity index (χ1n) is 6.14. The van der Waals surface area contributed by atoms with Gasteiger partial charge in [-0.2, -0.15) is 9.28 Å². The van der Waals surface area contributed by atoms with Gasteiger partial charge in [0.15, 0.2) is 0 Å². The number of likely N-dealkylation sites (N-methyl/N-ethyl adjacent to an activating group) is 1. The Hall–Kier alpha value is -2.27. The summed E-state index contributed by atoms with van der Waals surface area (Å²) in [7, 11) is 2.74. The van der Waals surface area contributed by atoms with Crippen LogP contribution in [0.4, 0.5) is 4.79 Å². The van der Waals surface area contributed by atoms with E-state index in [4.69, 9.17) is 4.74 Å². The lowest BCUT2D eigenvalue weighted by Gasteiger charge is -2.21. The van der Waals surface area contributed by atoms with Gasteiger partial charge in [0.1, 0.15) is 5.57 Å². The number of ether oxygens (including phenoxy) is 1. The first kappa shape index (κ1) is 15.8. The van der Waals surface area contributed by atoms with Gasteiger partial charge in [-0.1, -0.05) is 30.3 Å². The summed E-state index contributed by atoms with van der Waals surface area (Å²) in [5.41, 5.74) is 0.484. The first-order valence-corrected chi connectivity index (χ1v) is 6.14. The molecule has 0 bridgehead atoms. The molecule has 5 nitrogen and oxygen atoms in total. The fourth-order valence-corrected chi connectivity index (χ4v) is 1.52. The van der Waals surface area contributed by atoms with Crippen molar-refractivity contribution in [1.82, 2.24) is 0 Å². The van der Waals surface area contributed by atoms with Gasteiger partial charge < -0.3 is 4.74 Å². The second-order valence-electron chi connectivity index (χ2n) is 4.53. The van der Waals surface area contributed by atoms with Crippen LogP contribution in [0.3, 0.4) is 0 Å². The Morgan fingerprint density at radius 3 is 2.35 bits per heavy atom. The molecule has 0 saturated carbocycles. The van der Waals surface area contributed by atoms with Crippen LogP contribution >= 0.6 is 0 Å². The van der Waals surface area contributed by atoms with E-state index in [-0.39, 0.29) is 12.2 Å². The molecule has 0 saturated heterocycles. The number of quaternary nitrogens is 1. The molecule has 1 rings (SSSR count). The first-order chi connectivity index (χ1) is 9.43. The average molecular weight is 275 g/mol. The normalized spacial score (nSPS) is 11.8. The van der Waals surface area contributed by atoms with Crippen LogP contribution in [0.15, 0.2) is 35.9 Å². The molecule has 0 unspecified atom stereocenters. The van der Waals surface area contributed by atoms with Crippen LogP contribution in [0.5, 0.6) is 0 Å². The summed E-state index contributed by atoms with van der Waals surface area (Å²) < 4.78 is 4.14. The van der Waals surface area contributed by atoms with Gasteiger partial charge >= 0.3 is 12.0 Å². The number of hydrogen-bond acceptors (Lipinski definition) is 4. The second kappa shape index (κ2) is 6.77. The summed E-state index contributed by atoms with van der Waals surface area (Å²) in [6.45, 7) is 1.81. The van der Waals surface area contributed by atoms with Crippen molar-refractivity contribution in [2.75, 3.05) is 20.7 Å². The molecule has 0 atom stereocenters. The molecule has 2 amide bonds. The van der Waals surface area contributed by atoms with Crippen molar-refractivity contribution in [2.45, 2.75) is 6.92 Å². The molecule has 0 spiro atoms. The summed E-state index contributed by atoms with van der Waals surface area (Å²) in [4.78, 5) is 35.0. The van der Waals surface area contributed by atoms with Crippen molar-refractivity contribution in [2.24, 2.45) is 0 Å². The second-order valence-corrected chi connectivity index (χ2v) is 4.53. The third kappa shape index (κ3) is 3.61. The van der Waals surface area contributed by atoms with Crippen LogP contribution in [0.25, 0.3) is 6.08 Å². The molecular weight excluding hydrogens is 258 g/mol. The van der Waals surface area contributed by atoms with Crippen LogP contribution in [-0.2, 0) is 14.3 Å². The molecular formula is C15H17NO4+. The van der Waals surface area contributed by atoms with Gasteiger partial charge in [-0.25, -0.2) is 4.79 Å². The number of nitrogens with zero attached hydrogens (tertiary/aromatic N) is 1. The number of carbonyl (C=O) groups is 2. The Kier molecular flexibility index (Phi) is 5.34. The van der Waals surface area contributed by atoms with Crippen molar-refractivity contribution < 1.29 is 23.6 Å². The van der Waals surface area contributed by atoms with Gasteiger partial charge in [-0.05, 0) is 18.6 Å². The van der Waals surface area contributed by atoms with Gasteiger partial charge in [-0.15, -0.1) is 0 Å². The third-order valence-electron chi connectivity index (χ3n) is 2.68. The Morgan fingerprint density at radius 1 is 1.25 bits per heavy atom. The Bertz CT molecular complexity index is 532. The number of carbonyl (C=O) groups excluding carboxylic acids is 3. The van der Waals surface area contributed by atoms with Crippen molar-refractivity contribution in [1.29, 1.82) is 0 Å². The van der Waals surface area contributed by atoms with E-state index < -0.39 is 16.5 Å². The smallest absolute Gasteiger partial charge is 0.420 e. The van der Waals surface area contributed by atoms with Gasteiger partial charge in [0.25, 0.3) is 0 Å². The molecule has 1 aromatic rings. The highest BCUT2D eigenvalue weighted by molar-refractivity contribution is 6.13. The van der Waals surface area contributed by atoms with Crippen molar-refractivity contribution in [3.63, 3.8) is 0 Å². The standard InChI is InChI=1S/C15H17NO4/c1-4-20-15(19)16(2,3)14(18)13(11-17)10-12-8-6-5-7-9-12/h5-10H,4H2,1-3H3/q+1. The number of rotatable bonds is 4. The highest BCUT2D eigenvalue weighted by Crippen LogP contribution is 2.12. The summed E-state index contributed by atoms with van der Waals surface area (Å²) in [6, 6.07) is 8.88. The molecule has 1 aromatic carbocycles. The lowest BCUT2D eigenvalue weighted by Crippen LogP contribution is -2.51. The van der Waals surface area contributed by atoms with Crippen molar-refractivity contribution >= 4 is 24.4 Å². The van der Waals surface area contributed by atoms with Crippen LogP contribution < -0.4 is 0 Å². The minimum atomic E-state index is -0.716. The molecule has 0 aliphatic heterocycles. The lowest BCUT2D eigenvalue weighted by molar-refractivity contribution is -0.735. The molecule has 0 heterocycles. The Morgan fingerprint density at radius 2 is 1.85 bits per heavy atom. The largest absolute Gasteiger partial charge is 0.523 e. The summed E-state index contributed by atoms with van der Waals surface area (Å²) in [5, 5.41) is 0. The van der Waals surface area contributed by atoms with Crippen LogP contribution in [0.2, 0.25) is 0 Å². The van der Waals surface area contributed by atoms with Crippen molar-refractivity contribution in [3.05, 3.63) is 41.5 Å². The van der Waals surface area contributed by atoms with Gasteiger partial charge in [0.2, 0.25) is 6.29 Å². The molecule has 5 heteroatoms. The summed E-state index contributed by atoms with van der Waals surface area (Å²) in [6.07, 6.45) is 2.27. The van der Waals surface area contributed by atoms with Gasteiger partial charge in [0.05, 0.1) is 20.7 Å². The Labute approximate surface area is 118 Å². The molecule has 0 N–H and O–H groups in total. The number of hydrogen-bond donors (Lipinski definition) is 0. The predicted octanol–water partition coefficient (Wildman–Crippen LogP) is 1.94. The molecule has 0 aliphatic carbocycles. The SMILES string of the molecule is CCOC(=O)[N+](C)(C)C(=O)C([C]=O)=Cc1ccccc1. The highest BCUT2D eigenvalue weighted by atomic mass is 16.6. The topological polar surface area (TPSA) is 60.4 Å². The van der Waals surface area contributed by atoms with E-state index >= 15 is 0 Å². The monoisotopic (exact) mass is 275 g/mol. The van der Waals surface area contributed by atoms with Gasteiger partial charge in [-0.3, -0.25) is 4.79 Å². The predicted molar refractivity (Wildman–Crippen MR) is 74.2 cm³/mol. The zero-order chi connectivity index (χ0) is 15.2. The summed E-state index contributed by atoms with van der Waals surface area (Å²) >= 11 is 0. The van der Waals surface area contributed by atoms with E-state index in [9.17, 15) is 14.4 Å². The maximum atomic E-state index is 12.3. The minimum absolute atomic E-state index is 0.163. The van der Waals surface area contributed by atoms with Crippen molar-refractivity contribution in [3.8, 4) is 0 Å². The van der Waals surface area contributed by atoms with E-state index in [1.54, 1.807) is 37.5 Å². The van der Waals surface area contributed by atoms with E-state index in [1.165, 1.54) is 20.2 Å². The molecule has 20 heavy (non-hydrogen) atoms. The fraction of sp³-hybridized carbons (Fsp3) is 0.267. The molecule has 105 valence electrons. The highest BCUT2D eigenvalue weighted by Gasteiger charge is 2.39. The van der Waals surface area contributed by atoms with Crippen LogP contribution in [-0.4, -0.2) is 43.5 Å². The molecule has 0 aromatic heterocycles. The minimum Gasteiger partial charge on any atom is -0.420 e. The number of amides is 2. The molecule has 1 radical (unpaired) electrons. The fourth-order valence-electron chi connectivity index (χ4n) is 1.52. The maximum Gasteiger partial charge on any atom is 0.523 e. The number of imide groups is 1. The summed E-state index contributed by atoms with van der Waals surface area (Å²) in [5.74, 6) is -0.665. The number of benzene rings is 1. The van der Waals surface area contributed by atoms with Crippen LogP contribution in [0, 0.1) is 0 Å². The zero-order valence-corrected chi connectivity index (χ0v) is 11.8. The quantitative estimate of drug-likeness (QED) is 0.364. The zero-order valence-electron chi connectivity index (χ0n) is 11.8. The Balaban J connectivity index is 3.07. The average Bonchev–Trinajstić information content (AvgIpc) is 2.45. The molecule has 0 aliphatic rings. The lowest BCUT2D eigenvalue weighted by atomic mass is 10.1. The van der Waals surface area contributed by atoms with E-state index in [0.717, 1.165) is 0 Å².